The molecule has 88 valence electrons. The van der Waals surface area contributed by atoms with E-state index in [2.05, 4.69) is 20.2 Å². The predicted molar refractivity (Wildman–Crippen MR) is 60.3 cm³/mol. The van der Waals surface area contributed by atoms with Gasteiger partial charge in [0, 0.05) is 12.3 Å². The molecule has 0 fully saturated rings. The normalized spacial score (nSPS) is 10.2. The number of hydrogen-bond donors (Lipinski definition) is 1. The van der Waals surface area contributed by atoms with Crippen LogP contribution in [0, 0.1) is 6.92 Å². The summed E-state index contributed by atoms with van der Waals surface area (Å²) in [6, 6.07) is 3.35. The highest BCUT2D eigenvalue weighted by Gasteiger charge is 2.12. The molecule has 0 amide bonds. The first kappa shape index (κ1) is 11.3. The van der Waals surface area contributed by atoms with Crippen LogP contribution in [0.5, 0.6) is 0 Å². The molecule has 0 unspecified atom stereocenters. The molecule has 0 saturated carbocycles. The molecule has 2 heterocycles. The van der Waals surface area contributed by atoms with Gasteiger partial charge in [-0.05, 0) is 19.9 Å². The van der Waals surface area contributed by atoms with Gasteiger partial charge in [-0.1, -0.05) is 0 Å². The zero-order valence-electron chi connectivity index (χ0n) is 9.60. The van der Waals surface area contributed by atoms with Crippen LogP contribution in [0.15, 0.2) is 18.3 Å². The van der Waals surface area contributed by atoms with E-state index in [4.69, 9.17) is 4.74 Å². The topological polar surface area (TPSA) is 80.8 Å². The number of rotatable bonds is 3. The monoisotopic (exact) mass is 232 g/mol. The molecule has 2 aromatic heterocycles. The molecule has 0 aliphatic rings. The van der Waals surface area contributed by atoms with Gasteiger partial charge in [0.25, 0.3) is 0 Å². The molecule has 0 atom stereocenters. The standard InChI is InChI=1S/C11H12N4O2/c1-3-17-11(16)10-6-9(14-15-10)8-4-5-12-7(2)13-8/h4-6H,3H2,1-2H3,(H,14,15). The lowest BCUT2D eigenvalue weighted by molar-refractivity contribution is 0.0519. The number of aryl methyl sites for hydroxylation is 1. The van der Waals surface area contributed by atoms with E-state index < -0.39 is 5.97 Å². The van der Waals surface area contributed by atoms with Gasteiger partial charge in [0.1, 0.15) is 17.2 Å². The van der Waals surface area contributed by atoms with Crippen LogP contribution in [0.4, 0.5) is 0 Å². The van der Waals surface area contributed by atoms with E-state index in [0.29, 0.717) is 29.5 Å². The van der Waals surface area contributed by atoms with Gasteiger partial charge in [0.05, 0.1) is 12.3 Å². The molecule has 6 nitrogen and oxygen atoms in total. The van der Waals surface area contributed by atoms with Crippen molar-refractivity contribution >= 4 is 5.97 Å². The Morgan fingerprint density at radius 2 is 2.29 bits per heavy atom. The highest BCUT2D eigenvalue weighted by molar-refractivity contribution is 5.88. The van der Waals surface area contributed by atoms with Crippen LogP contribution in [0.25, 0.3) is 11.4 Å². The van der Waals surface area contributed by atoms with E-state index in [1.165, 1.54) is 0 Å². The molecule has 0 radical (unpaired) electrons. The second kappa shape index (κ2) is 4.73. The highest BCUT2D eigenvalue weighted by atomic mass is 16.5. The van der Waals surface area contributed by atoms with Crippen molar-refractivity contribution in [2.24, 2.45) is 0 Å². The summed E-state index contributed by atoms with van der Waals surface area (Å²) >= 11 is 0. The summed E-state index contributed by atoms with van der Waals surface area (Å²) in [5.41, 5.74) is 1.58. The number of nitrogens with one attached hydrogen (secondary N) is 1. The number of H-pyrrole nitrogens is 1. The summed E-state index contributed by atoms with van der Waals surface area (Å²) < 4.78 is 4.86. The predicted octanol–water partition coefficient (Wildman–Crippen LogP) is 1.35. The number of nitrogens with zero attached hydrogens (tertiary/aromatic N) is 3. The fourth-order valence-electron chi connectivity index (χ4n) is 1.37. The molecular weight excluding hydrogens is 220 g/mol. The molecule has 0 spiro atoms. The first-order chi connectivity index (χ1) is 8.20. The number of aromatic nitrogens is 4. The van der Waals surface area contributed by atoms with Gasteiger partial charge in [-0.25, -0.2) is 14.8 Å². The summed E-state index contributed by atoms with van der Waals surface area (Å²) in [7, 11) is 0. The molecule has 1 N–H and O–H groups in total. The minimum absolute atomic E-state index is 0.318. The molecule has 0 aromatic carbocycles. The largest absolute Gasteiger partial charge is 0.461 e. The van der Waals surface area contributed by atoms with Crippen LogP contribution >= 0.6 is 0 Å². The molecule has 0 aliphatic heterocycles. The van der Waals surface area contributed by atoms with E-state index in [1.807, 2.05) is 0 Å². The van der Waals surface area contributed by atoms with Crippen LogP contribution in [0.2, 0.25) is 0 Å². The van der Waals surface area contributed by atoms with Crippen LogP contribution in [0.1, 0.15) is 23.2 Å². The van der Waals surface area contributed by atoms with Crippen molar-refractivity contribution in [1.29, 1.82) is 0 Å². The lowest BCUT2D eigenvalue weighted by atomic mass is 10.2. The highest BCUT2D eigenvalue weighted by Crippen LogP contribution is 2.14. The van der Waals surface area contributed by atoms with Crippen LogP contribution in [-0.2, 0) is 4.74 Å². The minimum atomic E-state index is -0.419. The van der Waals surface area contributed by atoms with Gasteiger partial charge >= 0.3 is 5.97 Å². The summed E-state index contributed by atoms with van der Waals surface area (Å²) in [6.45, 7) is 3.88. The zero-order chi connectivity index (χ0) is 12.3. The van der Waals surface area contributed by atoms with Gasteiger partial charge in [-0.3, -0.25) is 5.10 Å². The number of ether oxygens (including phenoxy) is 1. The van der Waals surface area contributed by atoms with Gasteiger partial charge in [-0.15, -0.1) is 0 Å². The van der Waals surface area contributed by atoms with Crippen molar-refractivity contribution in [1.82, 2.24) is 20.2 Å². The average Bonchev–Trinajstić information content (AvgIpc) is 2.78. The van der Waals surface area contributed by atoms with E-state index >= 15 is 0 Å². The quantitative estimate of drug-likeness (QED) is 0.808. The third-order valence-corrected chi connectivity index (χ3v) is 2.11. The number of hydrogen-bond acceptors (Lipinski definition) is 5. The van der Waals surface area contributed by atoms with E-state index in [1.54, 1.807) is 32.2 Å². The number of aromatic amines is 1. The number of carbonyl (C=O) groups excluding carboxylic acids is 1. The van der Waals surface area contributed by atoms with Gasteiger partial charge in [0.2, 0.25) is 0 Å². The van der Waals surface area contributed by atoms with Gasteiger partial charge in [0.15, 0.2) is 0 Å². The Labute approximate surface area is 98.1 Å². The molecule has 2 aromatic rings. The first-order valence-electron chi connectivity index (χ1n) is 5.23. The van der Waals surface area contributed by atoms with E-state index in [-0.39, 0.29) is 0 Å². The Bertz CT molecular complexity index is 536. The van der Waals surface area contributed by atoms with Crippen LogP contribution < -0.4 is 0 Å². The van der Waals surface area contributed by atoms with E-state index in [0.717, 1.165) is 0 Å². The van der Waals surface area contributed by atoms with Crippen molar-refractivity contribution in [3.8, 4) is 11.4 Å². The Balaban J connectivity index is 2.27. The fourth-order valence-corrected chi connectivity index (χ4v) is 1.37. The maximum Gasteiger partial charge on any atom is 0.356 e. The third kappa shape index (κ3) is 2.47. The Morgan fingerprint density at radius 3 is 3.00 bits per heavy atom. The van der Waals surface area contributed by atoms with Crippen LogP contribution in [-0.4, -0.2) is 32.7 Å². The lowest BCUT2D eigenvalue weighted by Gasteiger charge is -1.96. The van der Waals surface area contributed by atoms with Crippen molar-refractivity contribution in [3.63, 3.8) is 0 Å². The minimum Gasteiger partial charge on any atom is -0.461 e. The van der Waals surface area contributed by atoms with Gasteiger partial charge in [-0.2, -0.15) is 5.10 Å². The van der Waals surface area contributed by atoms with Crippen molar-refractivity contribution in [2.45, 2.75) is 13.8 Å². The summed E-state index contributed by atoms with van der Waals surface area (Å²) in [6.07, 6.45) is 1.65. The Kier molecular flexibility index (Phi) is 3.13. The lowest BCUT2D eigenvalue weighted by Crippen LogP contribution is -2.04. The van der Waals surface area contributed by atoms with Crippen molar-refractivity contribution in [3.05, 3.63) is 29.8 Å². The second-order valence-corrected chi connectivity index (χ2v) is 3.38. The Hall–Kier alpha value is -2.24. The molecule has 6 heteroatoms. The maximum absolute atomic E-state index is 11.4. The average molecular weight is 232 g/mol. The molecular formula is C11H12N4O2. The molecule has 2 rings (SSSR count). The van der Waals surface area contributed by atoms with Crippen molar-refractivity contribution in [2.75, 3.05) is 6.61 Å². The fraction of sp³-hybridized carbons (Fsp3) is 0.273. The zero-order valence-corrected chi connectivity index (χ0v) is 9.60. The first-order valence-corrected chi connectivity index (χ1v) is 5.23. The maximum atomic E-state index is 11.4. The SMILES string of the molecule is CCOC(=O)c1cc(-c2ccnc(C)n2)n[nH]1. The second-order valence-electron chi connectivity index (χ2n) is 3.38. The van der Waals surface area contributed by atoms with Gasteiger partial charge < -0.3 is 4.74 Å². The number of esters is 1. The summed E-state index contributed by atoms with van der Waals surface area (Å²) in [4.78, 5) is 19.6. The molecule has 0 saturated heterocycles. The summed E-state index contributed by atoms with van der Waals surface area (Å²) in [5, 5.41) is 6.64. The smallest absolute Gasteiger partial charge is 0.356 e. The summed E-state index contributed by atoms with van der Waals surface area (Å²) in [5.74, 6) is 0.236. The van der Waals surface area contributed by atoms with Crippen molar-refractivity contribution < 1.29 is 9.53 Å². The van der Waals surface area contributed by atoms with Crippen LogP contribution in [0.3, 0.4) is 0 Å². The Morgan fingerprint density at radius 1 is 1.47 bits per heavy atom. The van der Waals surface area contributed by atoms with E-state index in [9.17, 15) is 4.79 Å². The molecule has 0 aliphatic carbocycles. The number of carbonyl (C=O) groups is 1. The molecule has 17 heavy (non-hydrogen) atoms. The molecule has 0 bridgehead atoms. The third-order valence-electron chi connectivity index (χ3n) is 2.11.